The van der Waals surface area contributed by atoms with Gasteiger partial charge in [0.2, 0.25) is 11.7 Å². The second-order valence-corrected chi connectivity index (χ2v) is 7.74. The van der Waals surface area contributed by atoms with E-state index in [1.807, 2.05) is 6.07 Å². The largest absolute Gasteiger partial charge is 0.457 e. The third-order valence-electron chi connectivity index (χ3n) is 4.64. The van der Waals surface area contributed by atoms with Crippen LogP contribution in [0, 0.1) is 17.0 Å². The fraction of sp³-hybridized carbons (Fsp3) is 0.182. The average Bonchev–Trinajstić information content (AvgIpc) is 2.78. The number of carbonyl (C=O) groups is 3. The summed E-state index contributed by atoms with van der Waals surface area (Å²) < 4.78 is 5.76. The van der Waals surface area contributed by atoms with Gasteiger partial charge in [-0.25, -0.2) is 0 Å². The molecule has 0 fully saturated rings. The number of hydrogen-bond donors (Lipinski definition) is 1. The number of Topliss-reactive ketones (excluding diaryl/α,β-unsaturated/α-hetero) is 1. The van der Waals surface area contributed by atoms with Crippen molar-refractivity contribution in [3.8, 4) is 0 Å². The second kappa shape index (κ2) is 10.1. The third-order valence-corrected chi connectivity index (χ3v) is 5.33. The van der Waals surface area contributed by atoms with Gasteiger partial charge in [-0.2, -0.15) is 0 Å². The Labute approximate surface area is 191 Å². The molecule has 0 atom stereocenters. The summed E-state index contributed by atoms with van der Waals surface area (Å²) in [4.78, 5) is 51.1. The number of hydrogen-bond acceptors (Lipinski definition) is 7. The lowest BCUT2D eigenvalue weighted by molar-refractivity contribution is -0.385. The van der Waals surface area contributed by atoms with Crippen LogP contribution in [0.2, 0.25) is 0 Å². The van der Waals surface area contributed by atoms with Crippen LogP contribution in [0.5, 0.6) is 0 Å². The topological polar surface area (TPSA) is 128 Å². The molecule has 10 heteroatoms. The molecule has 1 aromatic heterocycles. The first-order valence-corrected chi connectivity index (χ1v) is 10.3. The van der Waals surface area contributed by atoms with E-state index in [1.54, 1.807) is 31.3 Å². The Bertz CT molecular complexity index is 1230. The fourth-order valence-electron chi connectivity index (χ4n) is 2.95. The highest BCUT2D eigenvalue weighted by Crippen LogP contribution is 2.28. The molecule has 0 aliphatic carbocycles. The van der Waals surface area contributed by atoms with Crippen LogP contribution in [0.25, 0.3) is 10.9 Å². The van der Waals surface area contributed by atoms with Crippen LogP contribution in [0.15, 0.2) is 53.1 Å². The van der Waals surface area contributed by atoms with Crippen LogP contribution in [-0.2, 0) is 14.3 Å². The van der Waals surface area contributed by atoms with E-state index in [-0.39, 0.29) is 24.1 Å². The van der Waals surface area contributed by atoms with Crippen LogP contribution in [-0.4, -0.2) is 34.2 Å². The number of nitro groups is 1. The van der Waals surface area contributed by atoms with Gasteiger partial charge in [-0.1, -0.05) is 34.1 Å². The van der Waals surface area contributed by atoms with Crippen molar-refractivity contribution in [1.82, 2.24) is 4.98 Å². The number of nitrogens with zero attached hydrogens (tertiary/aromatic N) is 2. The van der Waals surface area contributed by atoms with Gasteiger partial charge in [0.25, 0.3) is 5.69 Å². The molecular weight excluding hydrogens is 482 g/mol. The highest BCUT2D eigenvalue weighted by Gasteiger charge is 2.17. The molecule has 0 spiro atoms. The number of pyridine rings is 1. The number of ketones is 1. The standard InChI is InChI=1S/C22H18BrN3O6/c1-13-4-5-14(11-18(13)26(30)31)19(27)12-32-21(29)9-8-20(28)25-17-7-6-16(23)15-3-2-10-24-22(15)17/h2-7,10-11H,8-9,12H2,1H3,(H,25,28). The van der Waals surface area contributed by atoms with E-state index in [0.29, 0.717) is 16.8 Å². The summed E-state index contributed by atoms with van der Waals surface area (Å²) in [5.41, 5.74) is 1.42. The highest BCUT2D eigenvalue weighted by atomic mass is 79.9. The molecule has 0 aliphatic rings. The summed E-state index contributed by atoms with van der Waals surface area (Å²) in [6, 6.07) is 11.2. The van der Waals surface area contributed by atoms with Crippen LogP contribution < -0.4 is 5.32 Å². The summed E-state index contributed by atoms with van der Waals surface area (Å²) in [5, 5.41) is 14.5. The summed E-state index contributed by atoms with van der Waals surface area (Å²) in [7, 11) is 0. The maximum atomic E-state index is 12.2. The maximum Gasteiger partial charge on any atom is 0.306 e. The number of aromatic nitrogens is 1. The number of fused-ring (bicyclic) bond motifs is 1. The Morgan fingerprint density at radius 1 is 1.16 bits per heavy atom. The van der Waals surface area contributed by atoms with Crippen molar-refractivity contribution in [2.45, 2.75) is 19.8 Å². The monoisotopic (exact) mass is 499 g/mol. The molecule has 0 aliphatic heterocycles. The first-order valence-electron chi connectivity index (χ1n) is 9.53. The number of esters is 1. The van der Waals surface area contributed by atoms with Crippen molar-refractivity contribution in [1.29, 1.82) is 0 Å². The van der Waals surface area contributed by atoms with E-state index >= 15 is 0 Å². The maximum absolute atomic E-state index is 12.2. The Kier molecular flexibility index (Phi) is 7.26. The zero-order chi connectivity index (χ0) is 23.3. The molecule has 3 aromatic rings. The fourth-order valence-corrected chi connectivity index (χ4v) is 3.40. The van der Waals surface area contributed by atoms with Crippen LogP contribution in [0.3, 0.4) is 0 Å². The zero-order valence-electron chi connectivity index (χ0n) is 17.0. The quantitative estimate of drug-likeness (QED) is 0.211. The SMILES string of the molecule is Cc1ccc(C(=O)COC(=O)CCC(=O)Nc2ccc(Br)c3cccnc23)cc1[N+](=O)[O-]. The Morgan fingerprint density at radius 2 is 1.94 bits per heavy atom. The van der Waals surface area contributed by atoms with E-state index < -0.39 is 29.2 Å². The third kappa shape index (κ3) is 5.52. The van der Waals surface area contributed by atoms with Crippen molar-refractivity contribution in [2.24, 2.45) is 0 Å². The number of carbonyl (C=O) groups excluding carboxylic acids is 3. The lowest BCUT2D eigenvalue weighted by atomic mass is 10.1. The zero-order valence-corrected chi connectivity index (χ0v) is 18.5. The van der Waals surface area contributed by atoms with Gasteiger partial charge in [0.05, 0.1) is 22.5 Å². The van der Waals surface area contributed by atoms with E-state index in [2.05, 4.69) is 26.2 Å². The first-order chi connectivity index (χ1) is 15.3. The lowest BCUT2D eigenvalue weighted by Gasteiger charge is -2.09. The van der Waals surface area contributed by atoms with Gasteiger partial charge in [-0.3, -0.25) is 29.5 Å². The minimum atomic E-state index is -0.728. The number of ether oxygens (including phenoxy) is 1. The first kappa shape index (κ1) is 23.0. The number of halogens is 1. The van der Waals surface area contributed by atoms with Crippen LogP contribution in [0.1, 0.15) is 28.8 Å². The molecular formula is C22H18BrN3O6. The number of rotatable bonds is 8. The van der Waals surface area contributed by atoms with Crippen molar-refractivity contribution in [2.75, 3.05) is 11.9 Å². The average molecular weight is 500 g/mol. The Morgan fingerprint density at radius 3 is 2.69 bits per heavy atom. The van der Waals surface area contributed by atoms with Gasteiger partial charge < -0.3 is 10.1 Å². The van der Waals surface area contributed by atoms with E-state index in [0.717, 1.165) is 15.9 Å². The van der Waals surface area contributed by atoms with E-state index in [1.165, 1.54) is 12.1 Å². The second-order valence-electron chi connectivity index (χ2n) is 6.88. The number of amides is 1. The normalized spacial score (nSPS) is 10.6. The lowest BCUT2D eigenvalue weighted by Crippen LogP contribution is -2.17. The van der Waals surface area contributed by atoms with Gasteiger partial charge in [-0.15, -0.1) is 0 Å². The predicted octanol–water partition coefficient (Wildman–Crippen LogP) is 4.36. The molecule has 0 bridgehead atoms. The smallest absolute Gasteiger partial charge is 0.306 e. The molecule has 1 N–H and O–H groups in total. The minimum absolute atomic E-state index is 0.0717. The summed E-state index contributed by atoms with van der Waals surface area (Å²) in [5.74, 6) is -1.70. The molecule has 32 heavy (non-hydrogen) atoms. The molecule has 3 rings (SSSR count). The number of nitrogens with one attached hydrogen (secondary N) is 1. The van der Waals surface area contributed by atoms with Crippen LogP contribution >= 0.6 is 15.9 Å². The number of nitro benzene ring substituents is 1. The van der Waals surface area contributed by atoms with Crippen molar-refractivity contribution >= 4 is 55.9 Å². The summed E-state index contributed by atoms with van der Waals surface area (Å²) in [6.07, 6.45) is 1.24. The molecule has 164 valence electrons. The molecule has 0 saturated carbocycles. The van der Waals surface area contributed by atoms with Crippen molar-refractivity contribution in [3.63, 3.8) is 0 Å². The van der Waals surface area contributed by atoms with Gasteiger partial charge in [-0.05, 0) is 25.1 Å². The molecule has 1 heterocycles. The van der Waals surface area contributed by atoms with E-state index in [4.69, 9.17) is 4.74 Å². The Hall–Kier alpha value is -3.66. The van der Waals surface area contributed by atoms with E-state index in [9.17, 15) is 24.5 Å². The summed E-state index contributed by atoms with van der Waals surface area (Å²) in [6.45, 7) is 0.993. The van der Waals surface area contributed by atoms with Crippen LogP contribution in [0.4, 0.5) is 11.4 Å². The molecule has 0 unspecified atom stereocenters. The van der Waals surface area contributed by atoms with Gasteiger partial charge >= 0.3 is 5.97 Å². The van der Waals surface area contributed by atoms with Gasteiger partial charge in [0.15, 0.2) is 6.61 Å². The number of anilines is 1. The number of benzene rings is 2. The van der Waals surface area contributed by atoms with Crippen molar-refractivity contribution < 1.29 is 24.0 Å². The van der Waals surface area contributed by atoms with Gasteiger partial charge in [0.1, 0.15) is 0 Å². The Balaban J connectivity index is 1.52. The minimum Gasteiger partial charge on any atom is -0.457 e. The molecule has 1 amide bonds. The summed E-state index contributed by atoms with van der Waals surface area (Å²) >= 11 is 3.43. The highest BCUT2D eigenvalue weighted by molar-refractivity contribution is 9.10. The molecule has 2 aromatic carbocycles. The molecule has 0 radical (unpaired) electrons. The molecule has 9 nitrogen and oxygen atoms in total. The van der Waals surface area contributed by atoms with Gasteiger partial charge in [0, 0.05) is 39.7 Å². The van der Waals surface area contributed by atoms with Crippen molar-refractivity contribution in [3.05, 3.63) is 74.4 Å². The predicted molar refractivity (Wildman–Crippen MR) is 120 cm³/mol. The number of aryl methyl sites for hydroxylation is 1. The molecule has 0 saturated heterocycles.